The van der Waals surface area contributed by atoms with Gasteiger partial charge in [0.1, 0.15) is 5.00 Å². The molecule has 0 aliphatic heterocycles. The highest BCUT2D eigenvalue weighted by Gasteiger charge is 2.08. The molecule has 0 unspecified atom stereocenters. The van der Waals surface area contributed by atoms with E-state index in [4.69, 9.17) is 5.73 Å². The van der Waals surface area contributed by atoms with Crippen LogP contribution in [-0.4, -0.2) is 14.7 Å². The lowest BCUT2D eigenvalue weighted by molar-refractivity contribution is 0.108. The van der Waals surface area contributed by atoms with E-state index in [9.17, 15) is 4.79 Å². The third-order valence-electron chi connectivity index (χ3n) is 0.716. The van der Waals surface area contributed by atoms with E-state index in [0.29, 0.717) is 5.00 Å². The fourth-order valence-electron chi connectivity index (χ4n) is 0.346. The number of rotatable bonds is 1. The van der Waals surface area contributed by atoms with Crippen molar-refractivity contribution in [2.24, 2.45) is 0 Å². The fraction of sp³-hybridized carbons (Fsp3) is 0. The smallest absolute Gasteiger partial charge is 0.239 e. The summed E-state index contributed by atoms with van der Waals surface area (Å²) >= 11 is 4.49. The molecule has 0 bridgehead atoms. The van der Waals surface area contributed by atoms with Gasteiger partial charge in [-0.3, -0.25) is 4.79 Å². The van der Waals surface area contributed by atoms with E-state index in [1.54, 1.807) is 0 Å². The largest absolute Gasteiger partial charge is 0.387 e. The molecule has 48 valence electrons. The molecule has 0 saturated carbocycles. The number of carbonyl (C=O) groups excluding carboxylic acids is 1. The Morgan fingerprint density at radius 2 is 2.44 bits per heavy atom. The van der Waals surface area contributed by atoms with Crippen molar-refractivity contribution >= 4 is 34.3 Å². The predicted molar refractivity (Wildman–Crippen MR) is 37.6 cm³/mol. The average molecular weight is 161 g/mol. The van der Waals surface area contributed by atoms with Crippen LogP contribution in [-0.2, 0) is 0 Å². The molecule has 0 fully saturated rings. The first-order valence-corrected chi connectivity index (χ1v) is 3.25. The Hall–Kier alpha value is -0.620. The molecule has 0 radical (unpaired) electrons. The van der Waals surface area contributed by atoms with Gasteiger partial charge in [0.05, 0.1) is 0 Å². The highest BCUT2D eigenvalue weighted by atomic mass is 32.1. The Kier molecular flexibility index (Phi) is 1.68. The lowest BCUT2D eigenvalue weighted by atomic mass is 10.5. The Balaban J connectivity index is 3.08. The van der Waals surface area contributed by atoms with Crippen LogP contribution in [0.2, 0.25) is 0 Å². The normalized spacial score (nSPS) is 9.44. The first-order chi connectivity index (χ1) is 4.22. The van der Waals surface area contributed by atoms with Gasteiger partial charge in [0, 0.05) is 11.5 Å². The van der Waals surface area contributed by atoms with Crippen LogP contribution in [0.25, 0.3) is 0 Å². The van der Waals surface area contributed by atoms with Crippen LogP contribution in [0.4, 0.5) is 5.00 Å². The molecule has 2 N–H and O–H groups in total. The van der Waals surface area contributed by atoms with E-state index in [1.165, 1.54) is 0 Å². The maximum Gasteiger partial charge on any atom is 0.239 e. The van der Waals surface area contributed by atoms with Crippen molar-refractivity contribution in [1.82, 2.24) is 9.59 Å². The topological polar surface area (TPSA) is 68.9 Å². The van der Waals surface area contributed by atoms with Gasteiger partial charge in [-0.2, -0.15) is 0 Å². The summed E-state index contributed by atoms with van der Waals surface area (Å²) in [7, 11) is 0. The Morgan fingerprint density at radius 1 is 1.78 bits per heavy atom. The third-order valence-corrected chi connectivity index (χ3v) is 1.48. The van der Waals surface area contributed by atoms with E-state index >= 15 is 0 Å². The molecule has 9 heavy (non-hydrogen) atoms. The van der Waals surface area contributed by atoms with Crippen LogP contribution in [0.15, 0.2) is 0 Å². The standard InChI is InChI=1S/C3H3N3OS2/c4-2-1(3(7)8)5-6-9-2/h4H2,(H,7,8). The van der Waals surface area contributed by atoms with Gasteiger partial charge in [0.15, 0.2) is 5.69 Å². The summed E-state index contributed by atoms with van der Waals surface area (Å²) in [4.78, 5) is 10.4. The lowest BCUT2D eigenvalue weighted by Gasteiger charge is -1.82. The van der Waals surface area contributed by atoms with Gasteiger partial charge in [-0.15, -0.1) is 5.10 Å². The minimum absolute atomic E-state index is 0.142. The summed E-state index contributed by atoms with van der Waals surface area (Å²) in [6.45, 7) is 0. The molecular weight excluding hydrogens is 158 g/mol. The van der Waals surface area contributed by atoms with E-state index in [-0.39, 0.29) is 5.69 Å². The van der Waals surface area contributed by atoms with Crippen LogP contribution in [0.5, 0.6) is 0 Å². The molecule has 0 spiro atoms. The Morgan fingerprint density at radius 3 is 2.67 bits per heavy atom. The molecule has 0 amide bonds. The third kappa shape index (κ3) is 1.19. The second-order valence-electron chi connectivity index (χ2n) is 1.29. The SMILES string of the molecule is Nc1snnc1C(=O)S. The molecule has 0 atom stereocenters. The quantitative estimate of drug-likeness (QED) is 0.577. The number of thiol groups is 1. The highest BCUT2D eigenvalue weighted by molar-refractivity contribution is 7.97. The minimum atomic E-state index is -0.443. The van der Waals surface area contributed by atoms with Crippen LogP contribution in [0, 0.1) is 0 Å². The molecule has 0 aromatic carbocycles. The van der Waals surface area contributed by atoms with E-state index in [2.05, 4.69) is 22.2 Å². The second kappa shape index (κ2) is 2.32. The number of aromatic nitrogens is 2. The lowest BCUT2D eigenvalue weighted by Crippen LogP contribution is -1.94. The van der Waals surface area contributed by atoms with E-state index < -0.39 is 5.12 Å². The molecule has 6 heteroatoms. The molecular formula is C3H3N3OS2. The van der Waals surface area contributed by atoms with Gasteiger partial charge < -0.3 is 5.73 Å². The van der Waals surface area contributed by atoms with E-state index in [0.717, 1.165) is 11.5 Å². The van der Waals surface area contributed by atoms with Crippen LogP contribution in [0.1, 0.15) is 10.5 Å². The number of nitrogens with zero attached hydrogens (tertiary/aromatic N) is 2. The summed E-state index contributed by atoms with van der Waals surface area (Å²) < 4.78 is 3.44. The summed E-state index contributed by atoms with van der Waals surface area (Å²) in [5.41, 5.74) is 5.41. The van der Waals surface area contributed by atoms with Gasteiger partial charge in [-0.1, -0.05) is 17.1 Å². The monoisotopic (exact) mass is 161 g/mol. The second-order valence-corrected chi connectivity index (χ2v) is 2.48. The maximum atomic E-state index is 10.4. The molecule has 0 aliphatic rings. The zero-order valence-corrected chi connectivity index (χ0v) is 5.95. The van der Waals surface area contributed by atoms with Crippen LogP contribution in [0.3, 0.4) is 0 Å². The first-order valence-electron chi connectivity index (χ1n) is 2.03. The van der Waals surface area contributed by atoms with Gasteiger partial charge in [-0.25, -0.2) is 0 Å². The van der Waals surface area contributed by atoms with Crippen molar-refractivity contribution in [3.05, 3.63) is 5.69 Å². The van der Waals surface area contributed by atoms with Crippen molar-refractivity contribution in [2.75, 3.05) is 5.73 Å². The fourth-order valence-corrected chi connectivity index (χ4v) is 1.02. The first kappa shape index (κ1) is 6.50. The minimum Gasteiger partial charge on any atom is -0.387 e. The number of nitrogens with two attached hydrogens (primary N) is 1. The number of hydrogen-bond acceptors (Lipinski definition) is 5. The number of hydrogen-bond donors (Lipinski definition) is 2. The van der Waals surface area contributed by atoms with Crippen molar-refractivity contribution in [1.29, 1.82) is 0 Å². The molecule has 4 nitrogen and oxygen atoms in total. The summed E-state index contributed by atoms with van der Waals surface area (Å²) in [6, 6.07) is 0. The summed E-state index contributed by atoms with van der Waals surface area (Å²) in [5, 5.41) is 3.30. The van der Waals surface area contributed by atoms with Crippen molar-refractivity contribution in [2.45, 2.75) is 0 Å². The zero-order valence-electron chi connectivity index (χ0n) is 4.24. The molecule has 1 aromatic rings. The zero-order chi connectivity index (χ0) is 6.85. The van der Waals surface area contributed by atoms with Gasteiger partial charge in [0.2, 0.25) is 5.12 Å². The van der Waals surface area contributed by atoms with Gasteiger partial charge in [0.25, 0.3) is 0 Å². The molecule has 1 rings (SSSR count). The molecule has 0 aliphatic carbocycles. The number of anilines is 1. The highest BCUT2D eigenvalue weighted by Crippen LogP contribution is 2.13. The van der Waals surface area contributed by atoms with Crippen LogP contribution < -0.4 is 5.73 Å². The van der Waals surface area contributed by atoms with Gasteiger partial charge >= 0.3 is 0 Å². The molecule has 1 heterocycles. The predicted octanol–water partition coefficient (Wildman–Crippen LogP) is 0.190. The van der Waals surface area contributed by atoms with Crippen molar-refractivity contribution in [3.8, 4) is 0 Å². The van der Waals surface area contributed by atoms with E-state index in [1.807, 2.05) is 0 Å². The van der Waals surface area contributed by atoms with Crippen molar-refractivity contribution < 1.29 is 4.79 Å². The Labute approximate surface area is 60.6 Å². The molecule has 1 aromatic heterocycles. The maximum absolute atomic E-state index is 10.4. The average Bonchev–Trinajstić information content (AvgIpc) is 2.13. The number of carbonyl (C=O) groups is 1. The molecule has 0 saturated heterocycles. The van der Waals surface area contributed by atoms with Gasteiger partial charge in [-0.05, 0) is 0 Å². The summed E-state index contributed by atoms with van der Waals surface area (Å²) in [6.07, 6.45) is 0. The summed E-state index contributed by atoms with van der Waals surface area (Å²) in [5.74, 6) is 0. The number of nitrogen functional groups attached to an aromatic ring is 1. The van der Waals surface area contributed by atoms with Crippen molar-refractivity contribution in [3.63, 3.8) is 0 Å². The Bertz CT molecular complexity index is 233. The van der Waals surface area contributed by atoms with Crippen LogP contribution >= 0.6 is 24.2 Å².